The highest BCUT2D eigenvalue weighted by atomic mass is 16.5. The van der Waals surface area contributed by atoms with Gasteiger partial charge in [-0.3, -0.25) is 14.9 Å². The largest absolute Gasteiger partial charge is 0.497 e. The minimum Gasteiger partial charge on any atom is -0.497 e. The van der Waals surface area contributed by atoms with Crippen LogP contribution >= 0.6 is 0 Å². The zero-order valence-corrected chi connectivity index (χ0v) is 18.1. The van der Waals surface area contributed by atoms with E-state index in [9.17, 15) is 4.79 Å². The number of nitrogens with zero attached hydrogens (tertiary/aromatic N) is 2. The molecule has 1 aromatic heterocycles. The number of methoxy groups -OCH3 is 1. The summed E-state index contributed by atoms with van der Waals surface area (Å²) >= 11 is 0. The molecule has 4 rings (SSSR count). The predicted octanol–water partition coefficient (Wildman–Crippen LogP) is 5.60. The van der Waals surface area contributed by atoms with Crippen LogP contribution in [0.1, 0.15) is 23.6 Å². The van der Waals surface area contributed by atoms with Gasteiger partial charge in [-0.25, -0.2) is 4.68 Å². The number of hydrogen-bond acceptors (Lipinski definition) is 3. The van der Waals surface area contributed by atoms with Crippen molar-refractivity contribution in [1.82, 2.24) is 9.78 Å². The first-order valence-electron chi connectivity index (χ1n) is 10.2. The van der Waals surface area contributed by atoms with Crippen molar-refractivity contribution in [2.45, 2.75) is 20.8 Å². The molecule has 5 nitrogen and oxygen atoms in total. The van der Waals surface area contributed by atoms with Crippen molar-refractivity contribution < 1.29 is 4.74 Å². The van der Waals surface area contributed by atoms with Crippen molar-refractivity contribution >= 4 is 11.4 Å². The Morgan fingerprint density at radius 1 is 0.935 bits per heavy atom. The number of H-pyrrole nitrogens is 1. The summed E-state index contributed by atoms with van der Waals surface area (Å²) in [5, 5.41) is 3.29. The van der Waals surface area contributed by atoms with Crippen LogP contribution in [0.4, 0.5) is 5.69 Å². The lowest BCUT2D eigenvalue weighted by atomic mass is 10.0. The lowest BCUT2D eigenvalue weighted by Crippen LogP contribution is -2.19. The molecule has 0 unspecified atom stereocenters. The maximum Gasteiger partial charge on any atom is 0.280 e. The molecule has 0 amide bonds. The van der Waals surface area contributed by atoms with Gasteiger partial charge in [-0.2, -0.15) is 0 Å². The van der Waals surface area contributed by atoms with Gasteiger partial charge in [0.15, 0.2) is 0 Å². The van der Waals surface area contributed by atoms with Crippen LogP contribution in [0.25, 0.3) is 16.9 Å². The topological polar surface area (TPSA) is 59.4 Å². The van der Waals surface area contributed by atoms with E-state index in [0.717, 1.165) is 28.4 Å². The minimum atomic E-state index is -0.137. The van der Waals surface area contributed by atoms with Gasteiger partial charge in [0.05, 0.1) is 35.5 Å². The lowest BCUT2D eigenvalue weighted by molar-refractivity contribution is 0.415. The highest BCUT2D eigenvalue weighted by molar-refractivity contribution is 6.04. The van der Waals surface area contributed by atoms with E-state index < -0.39 is 0 Å². The monoisotopic (exact) mass is 411 g/mol. The summed E-state index contributed by atoms with van der Waals surface area (Å²) in [7, 11) is 1.63. The number of benzene rings is 3. The molecule has 3 aromatic carbocycles. The first kappa shape index (κ1) is 20.4. The van der Waals surface area contributed by atoms with E-state index in [4.69, 9.17) is 9.73 Å². The average molecular weight is 412 g/mol. The van der Waals surface area contributed by atoms with Gasteiger partial charge < -0.3 is 4.74 Å². The van der Waals surface area contributed by atoms with E-state index in [1.807, 2.05) is 79.7 Å². The van der Waals surface area contributed by atoms with E-state index in [-0.39, 0.29) is 5.56 Å². The van der Waals surface area contributed by atoms with E-state index in [1.165, 1.54) is 11.1 Å². The number of ether oxygens (including phenoxy) is 1. The van der Waals surface area contributed by atoms with Gasteiger partial charge in [0, 0.05) is 5.56 Å². The Balaban J connectivity index is 1.90. The summed E-state index contributed by atoms with van der Waals surface area (Å²) in [6, 6.07) is 23.2. The number of rotatable bonds is 5. The maximum absolute atomic E-state index is 13.5. The van der Waals surface area contributed by atoms with Gasteiger partial charge in [0.1, 0.15) is 5.75 Å². The number of para-hydroxylation sites is 1. The van der Waals surface area contributed by atoms with Crippen LogP contribution in [-0.2, 0) is 0 Å². The van der Waals surface area contributed by atoms with E-state index in [0.29, 0.717) is 11.3 Å². The van der Waals surface area contributed by atoms with Crippen molar-refractivity contribution in [3.63, 3.8) is 0 Å². The fourth-order valence-corrected chi connectivity index (χ4v) is 3.54. The van der Waals surface area contributed by atoms with Crippen molar-refractivity contribution in [3.8, 4) is 22.7 Å². The quantitative estimate of drug-likeness (QED) is 0.435. The number of aryl methyl sites for hydroxylation is 2. The highest BCUT2D eigenvalue weighted by Gasteiger charge is 2.19. The number of hydrogen-bond donors (Lipinski definition) is 1. The molecule has 0 aliphatic carbocycles. The number of aliphatic imine (C=N–C) groups is 1. The van der Waals surface area contributed by atoms with Crippen LogP contribution in [0, 0.1) is 13.8 Å². The van der Waals surface area contributed by atoms with Crippen LogP contribution in [-0.4, -0.2) is 22.6 Å². The standard InChI is InChI=1S/C26H25N3O2/c1-17-10-13-21(16-18(17)2)27-19(3)24-25(20-11-14-23(31-4)15-12-20)28-29(26(24)30)22-8-6-5-7-9-22/h5-16,28H,1-4H3. The Morgan fingerprint density at radius 3 is 2.29 bits per heavy atom. The molecular formula is C26H25N3O2. The third-order valence-corrected chi connectivity index (χ3v) is 5.43. The first-order valence-corrected chi connectivity index (χ1v) is 10.2. The number of aromatic amines is 1. The molecule has 0 fully saturated rings. The van der Waals surface area contributed by atoms with Crippen LogP contribution in [0.5, 0.6) is 5.75 Å². The van der Waals surface area contributed by atoms with Gasteiger partial charge in [-0.15, -0.1) is 0 Å². The molecule has 31 heavy (non-hydrogen) atoms. The van der Waals surface area contributed by atoms with Crippen LogP contribution < -0.4 is 10.3 Å². The Labute approximate surface area is 181 Å². The Morgan fingerprint density at radius 2 is 1.65 bits per heavy atom. The molecule has 0 saturated heterocycles. The number of nitrogens with one attached hydrogen (secondary N) is 1. The van der Waals surface area contributed by atoms with Crippen molar-refractivity contribution in [1.29, 1.82) is 0 Å². The Bertz CT molecular complexity index is 1300. The Kier molecular flexibility index (Phi) is 5.58. The molecule has 1 N–H and O–H groups in total. The van der Waals surface area contributed by atoms with Crippen molar-refractivity contribution in [2.75, 3.05) is 7.11 Å². The van der Waals surface area contributed by atoms with Gasteiger partial charge in [0.2, 0.25) is 0 Å². The summed E-state index contributed by atoms with van der Waals surface area (Å²) in [4.78, 5) is 18.2. The lowest BCUT2D eigenvalue weighted by Gasteiger charge is -2.06. The third kappa shape index (κ3) is 4.08. The van der Waals surface area contributed by atoms with Gasteiger partial charge in [-0.05, 0) is 80.4 Å². The normalized spacial score (nSPS) is 11.5. The van der Waals surface area contributed by atoms with Gasteiger partial charge in [0.25, 0.3) is 5.56 Å². The summed E-state index contributed by atoms with van der Waals surface area (Å²) in [5.41, 5.74) is 6.66. The molecule has 5 heteroatoms. The second-order valence-corrected chi connectivity index (χ2v) is 7.53. The fraction of sp³-hybridized carbons (Fsp3) is 0.154. The smallest absolute Gasteiger partial charge is 0.280 e. The molecule has 0 aliphatic rings. The zero-order valence-electron chi connectivity index (χ0n) is 18.1. The molecule has 0 saturated carbocycles. The van der Waals surface area contributed by atoms with Crippen molar-refractivity contribution in [2.24, 2.45) is 4.99 Å². The highest BCUT2D eigenvalue weighted by Crippen LogP contribution is 2.25. The van der Waals surface area contributed by atoms with Crippen LogP contribution in [0.3, 0.4) is 0 Å². The molecular weight excluding hydrogens is 386 g/mol. The second kappa shape index (κ2) is 8.48. The predicted molar refractivity (Wildman–Crippen MR) is 126 cm³/mol. The summed E-state index contributed by atoms with van der Waals surface area (Å²) in [6.07, 6.45) is 0. The van der Waals surface area contributed by atoms with Crippen LogP contribution in [0.15, 0.2) is 82.6 Å². The summed E-state index contributed by atoms with van der Waals surface area (Å²) < 4.78 is 6.84. The second-order valence-electron chi connectivity index (χ2n) is 7.53. The van der Waals surface area contributed by atoms with Crippen LogP contribution in [0.2, 0.25) is 0 Å². The third-order valence-electron chi connectivity index (χ3n) is 5.43. The van der Waals surface area contributed by atoms with Crippen molar-refractivity contribution in [3.05, 3.63) is 99.8 Å². The molecule has 156 valence electrons. The molecule has 1 heterocycles. The molecule has 0 bridgehead atoms. The summed E-state index contributed by atoms with van der Waals surface area (Å²) in [5.74, 6) is 0.760. The first-order chi connectivity index (χ1) is 15.0. The van der Waals surface area contributed by atoms with E-state index in [1.54, 1.807) is 11.8 Å². The molecule has 4 aromatic rings. The summed E-state index contributed by atoms with van der Waals surface area (Å²) in [6.45, 7) is 6.01. The molecule has 0 spiro atoms. The van der Waals surface area contributed by atoms with E-state index >= 15 is 0 Å². The zero-order chi connectivity index (χ0) is 22.0. The minimum absolute atomic E-state index is 0.137. The average Bonchev–Trinajstić information content (AvgIpc) is 3.14. The fourth-order valence-electron chi connectivity index (χ4n) is 3.54. The maximum atomic E-state index is 13.5. The SMILES string of the molecule is COc1ccc(-c2[nH]n(-c3ccccc3)c(=O)c2C(C)=Nc2ccc(C)c(C)c2)cc1. The molecule has 0 aliphatic heterocycles. The number of aromatic nitrogens is 2. The molecule has 0 atom stereocenters. The van der Waals surface area contributed by atoms with Gasteiger partial charge >= 0.3 is 0 Å². The molecule has 0 radical (unpaired) electrons. The Hall–Kier alpha value is -3.86. The van der Waals surface area contributed by atoms with Gasteiger partial charge in [-0.1, -0.05) is 24.3 Å². The van der Waals surface area contributed by atoms with E-state index in [2.05, 4.69) is 18.9 Å².